The first-order chi connectivity index (χ1) is 12.9. The molecular weight excluding hydrogens is 380 g/mol. The van der Waals surface area contributed by atoms with Crippen LogP contribution in [-0.2, 0) is 11.2 Å². The molecule has 0 aliphatic carbocycles. The van der Waals surface area contributed by atoms with Gasteiger partial charge in [0.15, 0.2) is 10.9 Å². The maximum Gasteiger partial charge on any atom is 0.234 e. The molecule has 0 bridgehead atoms. The molecule has 0 unspecified atom stereocenters. The van der Waals surface area contributed by atoms with Gasteiger partial charge in [-0.15, -0.1) is 10.2 Å². The molecule has 0 radical (unpaired) electrons. The van der Waals surface area contributed by atoms with Crippen molar-refractivity contribution < 1.29 is 4.79 Å². The molecule has 1 aromatic carbocycles. The first-order valence-electron chi connectivity index (χ1n) is 8.80. The molecule has 0 saturated heterocycles. The summed E-state index contributed by atoms with van der Waals surface area (Å²) in [5, 5.41) is 19.9. The Morgan fingerprint density at radius 1 is 1.33 bits per heavy atom. The molecule has 0 fully saturated rings. The number of hydrogen-bond acceptors (Lipinski definition) is 6. The fourth-order valence-corrected chi connectivity index (χ4v) is 3.71. The standard InChI is InChI=1S/C18H22N6OS2/c1-5-14-21-22-18-24(14)23-16(27-18)12-6-7-13(11(4)9-12)19-17(26)20-15(25)8-10(2)3/h6-7,9-10H,5,8H2,1-4H3,(H2,19,20,25,26). The maximum absolute atomic E-state index is 11.8. The molecule has 7 nitrogen and oxygen atoms in total. The summed E-state index contributed by atoms with van der Waals surface area (Å²) in [7, 11) is 0. The molecule has 0 aliphatic heterocycles. The van der Waals surface area contributed by atoms with Gasteiger partial charge in [0.25, 0.3) is 0 Å². The molecule has 0 saturated carbocycles. The van der Waals surface area contributed by atoms with Crippen molar-refractivity contribution in [2.24, 2.45) is 5.92 Å². The molecule has 2 heterocycles. The smallest absolute Gasteiger partial charge is 0.234 e. The first-order valence-corrected chi connectivity index (χ1v) is 10.0. The SMILES string of the molecule is CCc1nnc2sc(-c3ccc(NC(=S)NC(=O)CC(C)C)c(C)c3)nn12. The van der Waals surface area contributed by atoms with Gasteiger partial charge in [-0.2, -0.15) is 9.61 Å². The zero-order valence-corrected chi connectivity index (χ0v) is 17.4. The molecule has 142 valence electrons. The van der Waals surface area contributed by atoms with Crippen LogP contribution in [0.4, 0.5) is 5.69 Å². The molecule has 27 heavy (non-hydrogen) atoms. The van der Waals surface area contributed by atoms with Crippen molar-refractivity contribution in [1.29, 1.82) is 0 Å². The van der Waals surface area contributed by atoms with Gasteiger partial charge < -0.3 is 10.6 Å². The number of carbonyl (C=O) groups is 1. The van der Waals surface area contributed by atoms with Crippen LogP contribution in [0.1, 0.15) is 38.6 Å². The van der Waals surface area contributed by atoms with E-state index in [1.807, 2.05) is 45.9 Å². The van der Waals surface area contributed by atoms with E-state index in [0.717, 1.165) is 39.0 Å². The summed E-state index contributed by atoms with van der Waals surface area (Å²) in [6.45, 7) is 8.01. The van der Waals surface area contributed by atoms with Crippen LogP contribution in [0, 0.1) is 12.8 Å². The third kappa shape index (κ3) is 4.48. The number of rotatable bonds is 5. The van der Waals surface area contributed by atoms with E-state index in [4.69, 9.17) is 12.2 Å². The van der Waals surface area contributed by atoms with Crippen LogP contribution >= 0.6 is 23.6 Å². The van der Waals surface area contributed by atoms with E-state index in [1.165, 1.54) is 11.3 Å². The average molecular weight is 403 g/mol. The van der Waals surface area contributed by atoms with Crippen molar-refractivity contribution in [2.45, 2.75) is 40.5 Å². The number of nitrogens with zero attached hydrogens (tertiary/aromatic N) is 4. The number of hydrogen-bond donors (Lipinski definition) is 2. The predicted octanol–water partition coefficient (Wildman–Crippen LogP) is 3.58. The van der Waals surface area contributed by atoms with Crippen LogP contribution in [0.15, 0.2) is 18.2 Å². The fraction of sp³-hybridized carbons (Fsp3) is 0.389. The van der Waals surface area contributed by atoms with Crippen LogP contribution < -0.4 is 10.6 Å². The predicted molar refractivity (Wildman–Crippen MR) is 112 cm³/mol. The summed E-state index contributed by atoms with van der Waals surface area (Å²) < 4.78 is 1.79. The van der Waals surface area contributed by atoms with E-state index in [-0.39, 0.29) is 11.8 Å². The summed E-state index contributed by atoms with van der Waals surface area (Å²) >= 11 is 6.74. The van der Waals surface area contributed by atoms with Crippen molar-refractivity contribution in [3.8, 4) is 10.6 Å². The van der Waals surface area contributed by atoms with E-state index in [1.54, 1.807) is 4.52 Å². The highest BCUT2D eigenvalue weighted by molar-refractivity contribution is 7.80. The molecule has 0 spiro atoms. The Balaban J connectivity index is 1.74. The molecule has 2 aromatic heterocycles. The van der Waals surface area contributed by atoms with Crippen LogP contribution in [-0.4, -0.2) is 30.8 Å². The summed E-state index contributed by atoms with van der Waals surface area (Å²) in [5.74, 6) is 1.06. The summed E-state index contributed by atoms with van der Waals surface area (Å²) in [6, 6.07) is 5.96. The van der Waals surface area contributed by atoms with Gasteiger partial charge in [0.1, 0.15) is 5.01 Å². The minimum absolute atomic E-state index is 0.0803. The lowest BCUT2D eigenvalue weighted by Crippen LogP contribution is -2.34. The normalized spacial score (nSPS) is 11.1. The lowest BCUT2D eigenvalue weighted by Gasteiger charge is -2.13. The number of carbonyl (C=O) groups excluding carboxylic acids is 1. The third-order valence-corrected chi connectivity index (χ3v) is 5.09. The van der Waals surface area contributed by atoms with Crippen LogP contribution in [0.2, 0.25) is 0 Å². The van der Waals surface area contributed by atoms with Crippen molar-refractivity contribution in [1.82, 2.24) is 25.1 Å². The fourth-order valence-electron chi connectivity index (χ4n) is 2.63. The Morgan fingerprint density at radius 3 is 2.78 bits per heavy atom. The number of benzene rings is 1. The van der Waals surface area contributed by atoms with E-state index in [9.17, 15) is 4.79 Å². The summed E-state index contributed by atoms with van der Waals surface area (Å²) in [4.78, 5) is 12.6. The zero-order valence-electron chi connectivity index (χ0n) is 15.7. The molecule has 3 rings (SSSR count). The van der Waals surface area contributed by atoms with E-state index < -0.39 is 0 Å². The molecule has 0 aliphatic rings. The highest BCUT2D eigenvalue weighted by Crippen LogP contribution is 2.28. The van der Waals surface area contributed by atoms with Gasteiger partial charge in [0.05, 0.1) is 0 Å². The minimum atomic E-state index is -0.0803. The van der Waals surface area contributed by atoms with Gasteiger partial charge in [-0.1, -0.05) is 32.1 Å². The largest absolute Gasteiger partial charge is 0.332 e. The lowest BCUT2D eigenvalue weighted by molar-refractivity contribution is -0.120. The Hall–Kier alpha value is -2.39. The lowest BCUT2D eigenvalue weighted by atomic mass is 10.1. The van der Waals surface area contributed by atoms with Gasteiger partial charge in [-0.25, -0.2) is 0 Å². The number of amides is 1. The maximum atomic E-state index is 11.8. The van der Waals surface area contributed by atoms with E-state index in [2.05, 4.69) is 25.9 Å². The second kappa shape index (κ2) is 8.10. The molecule has 3 aromatic rings. The molecular formula is C18H22N6OS2. The van der Waals surface area contributed by atoms with Crippen molar-refractivity contribution in [3.63, 3.8) is 0 Å². The van der Waals surface area contributed by atoms with Crippen LogP contribution in [0.3, 0.4) is 0 Å². The van der Waals surface area contributed by atoms with Gasteiger partial charge in [0.2, 0.25) is 10.9 Å². The van der Waals surface area contributed by atoms with E-state index >= 15 is 0 Å². The zero-order chi connectivity index (χ0) is 19.6. The van der Waals surface area contributed by atoms with Crippen molar-refractivity contribution in [2.75, 3.05) is 5.32 Å². The second-order valence-electron chi connectivity index (χ2n) is 6.70. The third-order valence-electron chi connectivity index (χ3n) is 3.94. The highest BCUT2D eigenvalue weighted by atomic mass is 32.1. The molecule has 9 heteroatoms. The Bertz CT molecular complexity index is 991. The van der Waals surface area contributed by atoms with Crippen LogP contribution in [0.5, 0.6) is 0 Å². The monoisotopic (exact) mass is 402 g/mol. The van der Waals surface area contributed by atoms with Crippen molar-refractivity contribution in [3.05, 3.63) is 29.6 Å². The first kappa shape index (κ1) is 19.4. The van der Waals surface area contributed by atoms with Gasteiger partial charge in [-0.3, -0.25) is 4.79 Å². The molecule has 1 amide bonds. The quantitative estimate of drug-likeness (QED) is 0.635. The Kier molecular flexibility index (Phi) is 5.81. The van der Waals surface area contributed by atoms with Gasteiger partial charge >= 0.3 is 0 Å². The second-order valence-corrected chi connectivity index (χ2v) is 8.07. The number of thiocarbonyl (C=S) groups is 1. The topological polar surface area (TPSA) is 84.2 Å². The number of aromatic nitrogens is 4. The summed E-state index contributed by atoms with van der Waals surface area (Å²) in [6.07, 6.45) is 1.23. The van der Waals surface area contributed by atoms with Gasteiger partial charge in [0, 0.05) is 24.1 Å². The minimum Gasteiger partial charge on any atom is -0.332 e. The van der Waals surface area contributed by atoms with E-state index in [0.29, 0.717) is 11.5 Å². The average Bonchev–Trinajstić information content (AvgIpc) is 3.16. The number of anilines is 1. The highest BCUT2D eigenvalue weighted by Gasteiger charge is 2.13. The van der Waals surface area contributed by atoms with Gasteiger partial charge in [-0.05, 0) is 48.8 Å². The molecule has 2 N–H and O–H groups in total. The van der Waals surface area contributed by atoms with Crippen LogP contribution in [0.25, 0.3) is 15.5 Å². The number of aryl methyl sites for hydroxylation is 2. The summed E-state index contributed by atoms with van der Waals surface area (Å²) in [5.41, 5.74) is 2.87. The molecule has 0 atom stereocenters. The van der Waals surface area contributed by atoms with Crippen molar-refractivity contribution >= 4 is 45.2 Å². The Labute approximate surface area is 167 Å². The number of nitrogens with one attached hydrogen (secondary N) is 2. The Morgan fingerprint density at radius 2 is 2.11 bits per heavy atom. The number of fused-ring (bicyclic) bond motifs is 1.